The van der Waals surface area contributed by atoms with Crippen molar-refractivity contribution >= 4 is 10.0 Å². The van der Waals surface area contributed by atoms with Gasteiger partial charge in [-0.05, 0) is 31.9 Å². The average molecular weight is 230 g/mol. The summed E-state index contributed by atoms with van der Waals surface area (Å²) in [7, 11) is -3.52. The second kappa shape index (κ2) is 3.33. The van der Waals surface area contributed by atoms with Crippen LogP contribution in [0.2, 0.25) is 0 Å². The minimum Gasteiger partial charge on any atom is -0.447 e. The lowest BCUT2D eigenvalue weighted by Gasteiger charge is -2.09. The molecule has 0 saturated heterocycles. The Morgan fingerprint density at radius 2 is 2.20 bits per heavy atom. The third-order valence-electron chi connectivity index (χ3n) is 2.48. The zero-order valence-electron chi connectivity index (χ0n) is 8.49. The van der Waals surface area contributed by atoms with Crippen molar-refractivity contribution in [3.05, 3.63) is 17.9 Å². The van der Waals surface area contributed by atoms with Gasteiger partial charge >= 0.3 is 0 Å². The second-order valence-corrected chi connectivity index (χ2v) is 5.70. The highest BCUT2D eigenvalue weighted by Gasteiger charge is 2.42. The summed E-state index contributed by atoms with van der Waals surface area (Å²) in [5, 5.41) is -0.0592. The molecule has 1 aliphatic rings. The summed E-state index contributed by atoms with van der Waals surface area (Å²) in [6, 6.07) is 3.00. The number of furan rings is 1. The Hall–Kier alpha value is -0.850. The molecule has 1 aromatic rings. The van der Waals surface area contributed by atoms with E-state index >= 15 is 0 Å². The van der Waals surface area contributed by atoms with E-state index in [1.54, 1.807) is 6.07 Å². The van der Waals surface area contributed by atoms with Crippen molar-refractivity contribution in [2.24, 2.45) is 5.73 Å². The molecular weight excluding hydrogens is 216 g/mol. The third kappa shape index (κ3) is 2.22. The molecular formula is C9H14N2O3S. The van der Waals surface area contributed by atoms with E-state index in [1.807, 2.05) is 6.92 Å². The SMILES string of the molecule is CC1(NS(=O)(=O)c2ccc(CN)o2)CC1. The molecule has 3 N–H and O–H groups in total. The van der Waals surface area contributed by atoms with Crippen LogP contribution in [0.4, 0.5) is 0 Å². The summed E-state index contributed by atoms with van der Waals surface area (Å²) < 4.78 is 31.2. The van der Waals surface area contributed by atoms with Crippen molar-refractivity contribution < 1.29 is 12.8 Å². The van der Waals surface area contributed by atoms with Gasteiger partial charge in [-0.15, -0.1) is 0 Å². The van der Waals surface area contributed by atoms with E-state index < -0.39 is 10.0 Å². The summed E-state index contributed by atoms with van der Waals surface area (Å²) in [4.78, 5) is 0. The summed E-state index contributed by atoms with van der Waals surface area (Å²) in [6.07, 6.45) is 1.74. The summed E-state index contributed by atoms with van der Waals surface area (Å²) in [5.74, 6) is 0.469. The number of hydrogen-bond donors (Lipinski definition) is 2. The lowest BCUT2D eigenvalue weighted by atomic mass is 10.4. The van der Waals surface area contributed by atoms with Gasteiger partial charge in [-0.1, -0.05) is 0 Å². The molecule has 2 rings (SSSR count). The van der Waals surface area contributed by atoms with Crippen molar-refractivity contribution in [2.45, 2.75) is 36.9 Å². The number of rotatable bonds is 4. The molecule has 84 valence electrons. The van der Waals surface area contributed by atoms with Crippen LogP contribution in [0.5, 0.6) is 0 Å². The van der Waals surface area contributed by atoms with E-state index in [9.17, 15) is 8.42 Å². The van der Waals surface area contributed by atoms with Crippen LogP contribution in [0.25, 0.3) is 0 Å². The molecule has 1 fully saturated rings. The van der Waals surface area contributed by atoms with E-state index in [-0.39, 0.29) is 17.2 Å². The van der Waals surface area contributed by atoms with Crippen LogP contribution >= 0.6 is 0 Å². The van der Waals surface area contributed by atoms with Gasteiger partial charge in [-0.2, -0.15) is 0 Å². The van der Waals surface area contributed by atoms with Crippen molar-refractivity contribution in [3.8, 4) is 0 Å². The van der Waals surface area contributed by atoms with Crippen LogP contribution in [0.1, 0.15) is 25.5 Å². The molecule has 1 heterocycles. The first-order valence-corrected chi connectivity index (χ1v) is 6.26. The normalized spacial score (nSPS) is 19.1. The Labute approximate surface area is 88.7 Å². The van der Waals surface area contributed by atoms with Gasteiger partial charge in [-0.25, -0.2) is 13.1 Å². The first kappa shape index (κ1) is 10.7. The van der Waals surface area contributed by atoms with Crippen molar-refractivity contribution in [2.75, 3.05) is 0 Å². The minimum absolute atomic E-state index is 0.0592. The maximum Gasteiger partial charge on any atom is 0.274 e. The predicted octanol–water partition coefficient (Wildman–Crippen LogP) is 0.569. The molecule has 0 spiro atoms. The first-order chi connectivity index (χ1) is 6.95. The highest BCUT2D eigenvalue weighted by atomic mass is 32.2. The summed E-state index contributed by atoms with van der Waals surface area (Å²) in [5.41, 5.74) is 5.05. The van der Waals surface area contributed by atoms with Crippen molar-refractivity contribution in [1.29, 1.82) is 0 Å². The summed E-state index contributed by atoms with van der Waals surface area (Å²) in [6.45, 7) is 2.07. The van der Waals surface area contributed by atoms with E-state index in [0.29, 0.717) is 5.76 Å². The predicted molar refractivity (Wildman–Crippen MR) is 54.6 cm³/mol. The second-order valence-electron chi connectivity index (χ2n) is 4.09. The molecule has 0 radical (unpaired) electrons. The van der Waals surface area contributed by atoms with Gasteiger partial charge in [0.2, 0.25) is 5.09 Å². The molecule has 1 aliphatic carbocycles. The number of hydrogen-bond acceptors (Lipinski definition) is 4. The lowest BCUT2D eigenvalue weighted by molar-refractivity contribution is 0.410. The van der Waals surface area contributed by atoms with Crippen LogP contribution in [-0.2, 0) is 16.6 Å². The van der Waals surface area contributed by atoms with Crippen LogP contribution < -0.4 is 10.5 Å². The molecule has 6 heteroatoms. The smallest absolute Gasteiger partial charge is 0.274 e. The third-order valence-corrected chi connectivity index (χ3v) is 3.99. The molecule has 0 aliphatic heterocycles. The summed E-state index contributed by atoms with van der Waals surface area (Å²) >= 11 is 0. The fraction of sp³-hybridized carbons (Fsp3) is 0.556. The van der Waals surface area contributed by atoms with E-state index in [0.717, 1.165) is 12.8 Å². The fourth-order valence-electron chi connectivity index (χ4n) is 1.28. The Morgan fingerprint density at radius 3 is 2.67 bits per heavy atom. The van der Waals surface area contributed by atoms with Gasteiger partial charge in [0.25, 0.3) is 10.0 Å². The molecule has 1 aromatic heterocycles. The van der Waals surface area contributed by atoms with Crippen LogP contribution in [0.15, 0.2) is 21.6 Å². The van der Waals surface area contributed by atoms with E-state index in [1.165, 1.54) is 6.07 Å². The number of nitrogens with one attached hydrogen (secondary N) is 1. The van der Waals surface area contributed by atoms with Gasteiger partial charge in [0.05, 0.1) is 6.54 Å². The van der Waals surface area contributed by atoms with Gasteiger partial charge < -0.3 is 10.2 Å². The van der Waals surface area contributed by atoms with Crippen LogP contribution in [0, 0.1) is 0 Å². The zero-order chi connectivity index (χ0) is 11.1. The number of nitrogens with two attached hydrogens (primary N) is 1. The van der Waals surface area contributed by atoms with E-state index in [4.69, 9.17) is 10.2 Å². The van der Waals surface area contributed by atoms with Crippen molar-refractivity contribution in [3.63, 3.8) is 0 Å². The minimum atomic E-state index is -3.52. The van der Waals surface area contributed by atoms with Gasteiger partial charge in [0, 0.05) is 5.54 Å². The monoisotopic (exact) mass is 230 g/mol. The Morgan fingerprint density at radius 1 is 1.53 bits per heavy atom. The highest BCUT2D eigenvalue weighted by Crippen LogP contribution is 2.36. The first-order valence-electron chi connectivity index (χ1n) is 4.78. The molecule has 15 heavy (non-hydrogen) atoms. The maximum atomic E-state index is 11.8. The maximum absolute atomic E-state index is 11.8. The van der Waals surface area contributed by atoms with Gasteiger partial charge in [0.15, 0.2) is 0 Å². The van der Waals surface area contributed by atoms with Crippen LogP contribution in [-0.4, -0.2) is 14.0 Å². The topological polar surface area (TPSA) is 85.3 Å². The highest BCUT2D eigenvalue weighted by molar-refractivity contribution is 7.89. The standard InChI is InChI=1S/C9H14N2O3S/c1-9(4-5-9)11-15(12,13)8-3-2-7(6-10)14-8/h2-3,11H,4-6,10H2,1H3. The number of sulfonamides is 1. The Balaban J connectivity index is 2.21. The van der Waals surface area contributed by atoms with E-state index in [2.05, 4.69) is 4.72 Å². The molecule has 0 amide bonds. The Bertz CT molecular complexity index is 459. The molecule has 5 nitrogen and oxygen atoms in total. The molecule has 0 bridgehead atoms. The quantitative estimate of drug-likeness (QED) is 0.791. The van der Waals surface area contributed by atoms with Crippen molar-refractivity contribution in [1.82, 2.24) is 4.72 Å². The van der Waals surface area contributed by atoms with Gasteiger partial charge in [-0.3, -0.25) is 0 Å². The molecule has 1 saturated carbocycles. The van der Waals surface area contributed by atoms with Gasteiger partial charge in [0.1, 0.15) is 5.76 Å². The van der Waals surface area contributed by atoms with Crippen LogP contribution in [0.3, 0.4) is 0 Å². The lowest BCUT2D eigenvalue weighted by Crippen LogP contribution is -2.33. The largest absolute Gasteiger partial charge is 0.447 e. The average Bonchev–Trinajstić information content (AvgIpc) is 2.71. The fourth-order valence-corrected chi connectivity index (χ4v) is 2.69. The molecule has 0 unspecified atom stereocenters. The molecule has 0 atom stereocenters. The Kier molecular flexibility index (Phi) is 2.37. The molecule has 0 aromatic carbocycles. The zero-order valence-corrected chi connectivity index (χ0v) is 9.30.